The number of rotatable bonds is 2. The lowest BCUT2D eigenvalue weighted by Crippen LogP contribution is -2.47. The largest absolute Gasteiger partial charge is 0.341 e. The molecule has 1 spiro atoms. The Bertz CT molecular complexity index is 373. The van der Waals surface area contributed by atoms with Gasteiger partial charge in [-0.1, -0.05) is 0 Å². The molecule has 3 rings (SSSR count). The van der Waals surface area contributed by atoms with Crippen LogP contribution in [0.5, 0.6) is 0 Å². The maximum absolute atomic E-state index is 12.2. The second kappa shape index (κ2) is 6.31. The Labute approximate surface area is 126 Å². The molecule has 0 saturated carbocycles. The van der Waals surface area contributed by atoms with Gasteiger partial charge in [0.2, 0.25) is 11.8 Å². The van der Waals surface area contributed by atoms with Crippen molar-refractivity contribution in [3.8, 4) is 0 Å². The van der Waals surface area contributed by atoms with E-state index in [2.05, 4.69) is 5.32 Å². The average molecular weight is 302 g/mol. The highest BCUT2D eigenvalue weighted by molar-refractivity contribution is 5.86. The molecule has 0 radical (unpaired) electrons. The summed E-state index contributed by atoms with van der Waals surface area (Å²) in [5.41, 5.74) is 0.445. The molecule has 3 aliphatic heterocycles. The Balaban J connectivity index is 0.00000147. The highest BCUT2D eigenvalue weighted by Crippen LogP contribution is 2.36. The van der Waals surface area contributed by atoms with Gasteiger partial charge in [-0.25, -0.2) is 0 Å². The third-order valence-corrected chi connectivity index (χ3v) is 5.01. The first-order valence-corrected chi connectivity index (χ1v) is 7.45. The predicted octanol–water partition coefficient (Wildman–Crippen LogP) is 0.633. The number of nitrogens with one attached hydrogen (secondary N) is 1. The summed E-state index contributed by atoms with van der Waals surface area (Å²) in [7, 11) is 0. The first-order valence-electron chi connectivity index (χ1n) is 7.45. The average Bonchev–Trinajstić information content (AvgIpc) is 3.01. The topological polar surface area (TPSA) is 52.7 Å². The van der Waals surface area contributed by atoms with E-state index in [1.165, 1.54) is 6.42 Å². The molecule has 2 amide bonds. The lowest BCUT2D eigenvalue weighted by atomic mass is 9.78. The molecule has 0 aromatic rings. The van der Waals surface area contributed by atoms with Gasteiger partial charge in [0.25, 0.3) is 0 Å². The number of hydrogen-bond acceptors (Lipinski definition) is 3. The van der Waals surface area contributed by atoms with E-state index >= 15 is 0 Å². The van der Waals surface area contributed by atoms with Crippen LogP contribution < -0.4 is 5.32 Å². The minimum absolute atomic E-state index is 0. The van der Waals surface area contributed by atoms with E-state index in [9.17, 15) is 9.59 Å². The van der Waals surface area contributed by atoms with E-state index in [-0.39, 0.29) is 24.2 Å². The van der Waals surface area contributed by atoms with E-state index < -0.39 is 0 Å². The molecule has 3 fully saturated rings. The lowest BCUT2D eigenvalue weighted by molar-refractivity contribution is -0.139. The molecule has 114 valence electrons. The van der Waals surface area contributed by atoms with Crippen LogP contribution in [0.4, 0.5) is 0 Å². The second-order valence-corrected chi connectivity index (χ2v) is 6.23. The van der Waals surface area contributed by atoms with E-state index in [1.54, 1.807) is 4.90 Å². The van der Waals surface area contributed by atoms with Crippen LogP contribution in [0.3, 0.4) is 0 Å². The molecule has 0 unspecified atom stereocenters. The Morgan fingerprint density at radius 2 is 1.95 bits per heavy atom. The molecule has 0 aromatic heterocycles. The molecule has 0 atom stereocenters. The van der Waals surface area contributed by atoms with Crippen LogP contribution >= 0.6 is 12.4 Å². The van der Waals surface area contributed by atoms with Gasteiger partial charge in [0.1, 0.15) is 0 Å². The molecule has 1 N–H and O–H groups in total. The highest BCUT2D eigenvalue weighted by atomic mass is 35.5. The van der Waals surface area contributed by atoms with Crippen LogP contribution in [0, 0.1) is 5.41 Å². The number of piperidine rings is 1. The highest BCUT2D eigenvalue weighted by Gasteiger charge is 2.38. The fourth-order valence-electron chi connectivity index (χ4n) is 3.59. The molecule has 0 bridgehead atoms. The van der Waals surface area contributed by atoms with E-state index in [0.717, 1.165) is 52.0 Å². The summed E-state index contributed by atoms with van der Waals surface area (Å²) in [4.78, 5) is 27.4. The van der Waals surface area contributed by atoms with Crippen molar-refractivity contribution >= 4 is 24.2 Å². The Hall–Kier alpha value is -0.810. The summed E-state index contributed by atoms with van der Waals surface area (Å²) >= 11 is 0. The number of likely N-dealkylation sites (tertiary alicyclic amines) is 2. The zero-order valence-electron chi connectivity index (χ0n) is 11.9. The van der Waals surface area contributed by atoms with E-state index in [0.29, 0.717) is 18.4 Å². The number of hydrogen-bond donors (Lipinski definition) is 1. The van der Waals surface area contributed by atoms with Crippen molar-refractivity contribution in [2.45, 2.75) is 32.1 Å². The van der Waals surface area contributed by atoms with Gasteiger partial charge in [-0.05, 0) is 37.6 Å². The number of carbonyl (C=O) groups is 2. The summed E-state index contributed by atoms with van der Waals surface area (Å²) in [5.74, 6) is 0.276. The second-order valence-electron chi connectivity index (χ2n) is 6.23. The normalized spacial score (nSPS) is 25.1. The Morgan fingerprint density at radius 1 is 1.20 bits per heavy atom. The number of amides is 2. The van der Waals surface area contributed by atoms with Crippen LogP contribution in [0.15, 0.2) is 0 Å². The molecule has 3 heterocycles. The predicted molar refractivity (Wildman–Crippen MR) is 78.8 cm³/mol. The van der Waals surface area contributed by atoms with E-state index in [4.69, 9.17) is 0 Å². The van der Waals surface area contributed by atoms with Crippen LogP contribution in [0.2, 0.25) is 0 Å². The molecule has 20 heavy (non-hydrogen) atoms. The van der Waals surface area contributed by atoms with Gasteiger partial charge < -0.3 is 15.1 Å². The van der Waals surface area contributed by atoms with Gasteiger partial charge in [0, 0.05) is 32.6 Å². The van der Waals surface area contributed by atoms with Crippen molar-refractivity contribution in [1.82, 2.24) is 15.1 Å². The van der Waals surface area contributed by atoms with Crippen molar-refractivity contribution in [2.24, 2.45) is 5.41 Å². The molecular formula is C14H24ClN3O2. The van der Waals surface area contributed by atoms with Gasteiger partial charge >= 0.3 is 0 Å². The summed E-state index contributed by atoms with van der Waals surface area (Å²) in [6.07, 6.45) is 4.99. The van der Waals surface area contributed by atoms with Gasteiger partial charge in [-0.3, -0.25) is 9.59 Å². The van der Waals surface area contributed by atoms with Gasteiger partial charge in [-0.15, -0.1) is 12.4 Å². The standard InChI is InChI=1S/C14H23N3O2.ClH/c18-12-2-1-7-17(12)10-13(19)16-8-4-14(5-9-16)3-6-15-11-14;/h15H,1-11H2;1H. The van der Waals surface area contributed by atoms with E-state index in [1.807, 2.05) is 4.90 Å². The first-order chi connectivity index (χ1) is 9.19. The van der Waals surface area contributed by atoms with Crippen LogP contribution in [-0.2, 0) is 9.59 Å². The van der Waals surface area contributed by atoms with Crippen LogP contribution in [0.25, 0.3) is 0 Å². The fraction of sp³-hybridized carbons (Fsp3) is 0.857. The zero-order valence-corrected chi connectivity index (χ0v) is 12.7. The number of halogens is 1. The van der Waals surface area contributed by atoms with Crippen molar-refractivity contribution in [1.29, 1.82) is 0 Å². The molecule has 0 aliphatic carbocycles. The molecular weight excluding hydrogens is 278 g/mol. The van der Waals surface area contributed by atoms with Gasteiger partial charge in [-0.2, -0.15) is 0 Å². The summed E-state index contributed by atoms with van der Waals surface area (Å²) < 4.78 is 0. The summed E-state index contributed by atoms with van der Waals surface area (Å²) in [6, 6.07) is 0. The first kappa shape index (κ1) is 15.6. The van der Waals surface area contributed by atoms with Crippen molar-refractivity contribution < 1.29 is 9.59 Å². The molecule has 3 aliphatic rings. The van der Waals surface area contributed by atoms with Crippen molar-refractivity contribution in [3.05, 3.63) is 0 Å². The number of carbonyl (C=O) groups excluding carboxylic acids is 2. The smallest absolute Gasteiger partial charge is 0.242 e. The summed E-state index contributed by atoms with van der Waals surface area (Å²) in [6.45, 7) is 5.01. The molecule has 5 nitrogen and oxygen atoms in total. The van der Waals surface area contributed by atoms with Crippen LogP contribution in [-0.4, -0.2) is 60.9 Å². The maximum atomic E-state index is 12.2. The monoisotopic (exact) mass is 301 g/mol. The third-order valence-electron chi connectivity index (χ3n) is 5.01. The van der Waals surface area contributed by atoms with Crippen LogP contribution in [0.1, 0.15) is 32.1 Å². The minimum Gasteiger partial charge on any atom is -0.341 e. The lowest BCUT2D eigenvalue weighted by Gasteiger charge is -2.39. The Morgan fingerprint density at radius 3 is 2.50 bits per heavy atom. The quantitative estimate of drug-likeness (QED) is 0.814. The molecule has 0 aromatic carbocycles. The fourth-order valence-corrected chi connectivity index (χ4v) is 3.59. The van der Waals surface area contributed by atoms with Gasteiger partial charge in [0.05, 0.1) is 6.54 Å². The summed E-state index contributed by atoms with van der Waals surface area (Å²) in [5, 5.41) is 3.44. The maximum Gasteiger partial charge on any atom is 0.242 e. The van der Waals surface area contributed by atoms with Gasteiger partial charge in [0.15, 0.2) is 0 Å². The molecule has 6 heteroatoms. The SMILES string of the molecule is Cl.O=C(CN1CCCC1=O)N1CCC2(CCNC2)CC1. The third kappa shape index (κ3) is 3.09. The Kier molecular flexibility index (Phi) is 4.91. The zero-order chi connectivity index (χ0) is 13.3. The molecule has 3 saturated heterocycles. The van der Waals surface area contributed by atoms with Crippen molar-refractivity contribution in [2.75, 3.05) is 39.3 Å². The number of nitrogens with zero attached hydrogens (tertiary/aromatic N) is 2. The van der Waals surface area contributed by atoms with Crippen molar-refractivity contribution in [3.63, 3.8) is 0 Å². The minimum atomic E-state index is 0.